The average molecular weight is 326 g/mol. The van der Waals surface area contributed by atoms with Crippen LogP contribution in [0.4, 0.5) is 0 Å². The van der Waals surface area contributed by atoms with Gasteiger partial charge in [-0.25, -0.2) is 0 Å². The number of rotatable bonds is 4. The first kappa shape index (κ1) is 16.6. The maximum atomic E-state index is 12.4. The zero-order valence-corrected chi connectivity index (χ0v) is 13.5. The second-order valence-corrected chi connectivity index (χ2v) is 5.75. The van der Waals surface area contributed by atoms with E-state index in [2.05, 4.69) is 5.32 Å². The molecule has 5 nitrogen and oxygen atoms in total. The SMILES string of the molecule is COC(=O)[C@H]1CCCC[C@H]1NC(=O)c1ccc(OC)c(Cl)c1. The maximum Gasteiger partial charge on any atom is 0.310 e. The quantitative estimate of drug-likeness (QED) is 0.865. The lowest BCUT2D eigenvalue weighted by molar-refractivity contribution is -0.147. The smallest absolute Gasteiger partial charge is 0.310 e. The molecule has 1 aromatic carbocycles. The van der Waals surface area contributed by atoms with Crippen molar-refractivity contribution in [1.82, 2.24) is 5.32 Å². The molecule has 6 heteroatoms. The number of hydrogen-bond acceptors (Lipinski definition) is 4. The van der Waals surface area contributed by atoms with E-state index in [0.717, 1.165) is 25.7 Å². The van der Waals surface area contributed by atoms with E-state index in [0.29, 0.717) is 16.3 Å². The molecule has 0 aromatic heterocycles. The Morgan fingerprint density at radius 3 is 2.59 bits per heavy atom. The van der Waals surface area contributed by atoms with E-state index in [1.165, 1.54) is 14.2 Å². The molecule has 22 heavy (non-hydrogen) atoms. The Labute approximate surface area is 134 Å². The van der Waals surface area contributed by atoms with Gasteiger partial charge in [0.1, 0.15) is 5.75 Å². The van der Waals surface area contributed by atoms with Crippen molar-refractivity contribution in [1.29, 1.82) is 0 Å². The van der Waals surface area contributed by atoms with Crippen LogP contribution >= 0.6 is 11.6 Å². The minimum atomic E-state index is -0.281. The molecule has 1 N–H and O–H groups in total. The number of halogens is 1. The van der Waals surface area contributed by atoms with Gasteiger partial charge in [-0.1, -0.05) is 24.4 Å². The van der Waals surface area contributed by atoms with Crippen molar-refractivity contribution in [3.63, 3.8) is 0 Å². The van der Waals surface area contributed by atoms with Gasteiger partial charge in [0.05, 0.1) is 25.2 Å². The highest BCUT2D eigenvalue weighted by Gasteiger charge is 2.32. The third-order valence-electron chi connectivity index (χ3n) is 4.00. The highest BCUT2D eigenvalue weighted by molar-refractivity contribution is 6.32. The summed E-state index contributed by atoms with van der Waals surface area (Å²) >= 11 is 6.04. The predicted octanol–water partition coefficient (Wildman–Crippen LogP) is 2.81. The zero-order valence-electron chi connectivity index (χ0n) is 12.7. The van der Waals surface area contributed by atoms with Crippen molar-refractivity contribution in [3.05, 3.63) is 28.8 Å². The summed E-state index contributed by atoms with van der Waals surface area (Å²) in [4.78, 5) is 24.2. The van der Waals surface area contributed by atoms with Crippen molar-refractivity contribution in [2.24, 2.45) is 5.92 Å². The topological polar surface area (TPSA) is 64.6 Å². The minimum absolute atomic E-state index is 0.199. The molecule has 120 valence electrons. The standard InChI is InChI=1S/C16H20ClNO4/c1-21-14-8-7-10(9-12(14)17)15(19)18-13-6-4-3-5-11(13)16(20)22-2/h7-9,11,13H,3-6H2,1-2H3,(H,18,19)/t11-,13+/m0/s1. The van der Waals surface area contributed by atoms with Crippen LogP contribution in [0.15, 0.2) is 18.2 Å². The number of benzene rings is 1. The number of hydrogen-bond donors (Lipinski definition) is 1. The van der Waals surface area contributed by atoms with Crippen molar-refractivity contribution in [2.45, 2.75) is 31.7 Å². The Morgan fingerprint density at radius 2 is 1.95 bits per heavy atom. The summed E-state index contributed by atoms with van der Waals surface area (Å²) in [5.74, 6) is -0.275. The second kappa shape index (κ2) is 7.49. The number of amides is 1. The summed E-state index contributed by atoms with van der Waals surface area (Å²) in [6, 6.07) is 4.66. The van der Waals surface area contributed by atoms with Gasteiger partial charge < -0.3 is 14.8 Å². The number of carbonyl (C=O) groups is 2. The first-order valence-electron chi connectivity index (χ1n) is 7.29. The summed E-state index contributed by atoms with van der Waals surface area (Å²) in [7, 11) is 2.89. The monoisotopic (exact) mass is 325 g/mol. The summed E-state index contributed by atoms with van der Waals surface area (Å²) in [5, 5.41) is 3.30. The third-order valence-corrected chi connectivity index (χ3v) is 4.30. The lowest BCUT2D eigenvalue weighted by Gasteiger charge is -2.30. The normalized spacial score (nSPS) is 21.0. The lowest BCUT2D eigenvalue weighted by atomic mass is 9.84. The fraction of sp³-hybridized carbons (Fsp3) is 0.500. The molecule has 1 saturated carbocycles. The zero-order chi connectivity index (χ0) is 16.1. The first-order valence-corrected chi connectivity index (χ1v) is 7.67. The van der Waals surface area contributed by atoms with Crippen molar-refractivity contribution >= 4 is 23.5 Å². The van der Waals surface area contributed by atoms with Crippen LogP contribution in [0.1, 0.15) is 36.0 Å². The summed E-state index contributed by atoms with van der Waals surface area (Å²) in [6.07, 6.45) is 3.47. The Kier molecular flexibility index (Phi) is 5.66. The maximum absolute atomic E-state index is 12.4. The van der Waals surface area contributed by atoms with Crippen LogP contribution in [0.3, 0.4) is 0 Å². The van der Waals surface area contributed by atoms with E-state index in [9.17, 15) is 9.59 Å². The van der Waals surface area contributed by atoms with Crippen LogP contribution < -0.4 is 10.1 Å². The lowest BCUT2D eigenvalue weighted by Crippen LogP contribution is -2.45. The molecule has 1 fully saturated rings. The summed E-state index contributed by atoms with van der Waals surface area (Å²) in [5.41, 5.74) is 0.444. The van der Waals surface area contributed by atoms with Crippen molar-refractivity contribution in [2.75, 3.05) is 14.2 Å². The summed E-state index contributed by atoms with van der Waals surface area (Å²) in [6.45, 7) is 0. The van der Waals surface area contributed by atoms with E-state index in [1.54, 1.807) is 18.2 Å². The predicted molar refractivity (Wildman–Crippen MR) is 83.2 cm³/mol. The van der Waals surface area contributed by atoms with Crippen LogP contribution in [0.2, 0.25) is 5.02 Å². The molecule has 1 amide bonds. The van der Waals surface area contributed by atoms with E-state index in [-0.39, 0.29) is 23.8 Å². The molecule has 0 aliphatic heterocycles. The number of esters is 1. The average Bonchev–Trinajstić information content (AvgIpc) is 2.54. The fourth-order valence-electron chi connectivity index (χ4n) is 2.80. The molecule has 2 atom stereocenters. The van der Waals surface area contributed by atoms with Crippen LogP contribution in [-0.4, -0.2) is 32.1 Å². The van der Waals surface area contributed by atoms with Gasteiger partial charge in [-0.05, 0) is 31.0 Å². The van der Waals surface area contributed by atoms with Gasteiger partial charge in [-0.3, -0.25) is 9.59 Å². The Bertz CT molecular complexity index is 561. The molecule has 0 unspecified atom stereocenters. The van der Waals surface area contributed by atoms with Gasteiger partial charge in [0, 0.05) is 11.6 Å². The first-order chi connectivity index (χ1) is 10.6. The number of nitrogens with one attached hydrogen (secondary N) is 1. The largest absolute Gasteiger partial charge is 0.495 e. The molecular weight excluding hydrogens is 306 g/mol. The van der Waals surface area contributed by atoms with Gasteiger partial charge in [0.25, 0.3) is 5.91 Å². The highest BCUT2D eigenvalue weighted by Crippen LogP contribution is 2.27. The van der Waals surface area contributed by atoms with Crippen molar-refractivity contribution in [3.8, 4) is 5.75 Å². The Balaban J connectivity index is 2.09. The molecule has 0 bridgehead atoms. The van der Waals surface area contributed by atoms with E-state index >= 15 is 0 Å². The molecule has 1 aliphatic rings. The van der Waals surface area contributed by atoms with Gasteiger partial charge in [0.2, 0.25) is 0 Å². The number of methoxy groups -OCH3 is 2. The molecule has 2 rings (SSSR count). The van der Waals surface area contributed by atoms with Gasteiger partial charge in [-0.15, -0.1) is 0 Å². The molecule has 0 spiro atoms. The molecule has 0 radical (unpaired) electrons. The van der Waals surface area contributed by atoms with E-state index < -0.39 is 0 Å². The van der Waals surface area contributed by atoms with Crippen LogP contribution in [0.25, 0.3) is 0 Å². The Morgan fingerprint density at radius 1 is 1.23 bits per heavy atom. The van der Waals surface area contributed by atoms with Gasteiger partial charge in [-0.2, -0.15) is 0 Å². The molecular formula is C16H20ClNO4. The minimum Gasteiger partial charge on any atom is -0.495 e. The van der Waals surface area contributed by atoms with Crippen molar-refractivity contribution < 1.29 is 19.1 Å². The number of carbonyl (C=O) groups excluding carboxylic acids is 2. The molecule has 0 saturated heterocycles. The van der Waals surface area contributed by atoms with Crippen LogP contribution in [0.5, 0.6) is 5.75 Å². The van der Waals surface area contributed by atoms with Crippen LogP contribution in [-0.2, 0) is 9.53 Å². The molecule has 1 aromatic rings. The van der Waals surface area contributed by atoms with Gasteiger partial charge >= 0.3 is 5.97 Å². The van der Waals surface area contributed by atoms with E-state index in [4.69, 9.17) is 21.1 Å². The van der Waals surface area contributed by atoms with Crippen LogP contribution in [0, 0.1) is 5.92 Å². The molecule has 1 aliphatic carbocycles. The number of ether oxygens (including phenoxy) is 2. The Hall–Kier alpha value is -1.75. The molecule has 0 heterocycles. The second-order valence-electron chi connectivity index (χ2n) is 5.34. The van der Waals surface area contributed by atoms with E-state index in [1.807, 2.05) is 0 Å². The van der Waals surface area contributed by atoms with Gasteiger partial charge in [0.15, 0.2) is 0 Å². The highest BCUT2D eigenvalue weighted by atomic mass is 35.5. The fourth-order valence-corrected chi connectivity index (χ4v) is 3.05. The third kappa shape index (κ3) is 3.71. The summed E-state index contributed by atoms with van der Waals surface area (Å²) < 4.78 is 9.90.